The fourth-order valence-corrected chi connectivity index (χ4v) is 1.00. The van der Waals surface area contributed by atoms with Crippen LogP contribution in [0.1, 0.15) is 6.42 Å². The van der Waals surface area contributed by atoms with Gasteiger partial charge in [0.1, 0.15) is 5.75 Å². The number of carbonyl (C=O) groups excluding carboxylic acids is 1. The summed E-state index contributed by atoms with van der Waals surface area (Å²) in [4.78, 5) is 12.3. The number of amides is 1. The SMILES string of the molecule is C=CC(=O)N(C)CCCO.Oc1ccccc1. The van der Waals surface area contributed by atoms with E-state index in [1.54, 1.807) is 31.3 Å². The fourth-order valence-electron chi connectivity index (χ4n) is 1.00. The van der Waals surface area contributed by atoms with Crippen LogP contribution in [0.5, 0.6) is 5.75 Å². The molecular weight excluding hydrogens is 218 g/mol. The Morgan fingerprint density at radius 3 is 2.35 bits per heavy atom. The van der Waals surface area contributed by atoms with Crippen LogP contribution in [0.4, 0.5) is 0 Å². The van der Waals surface area contributed by atoms with Crippen LogP contribution in [0.2, 0.25) is 0 Å². The first-order valence-corrected chi connectivity index (χ1v) is 5.34. The van der Waals surface area contributed by atoms with Crippen LogP contribution >= 0.6 is 0 Å². The van der Waals surface area contributed by atoms with Crippen LogP contribution in [0, 0.1) is 0 Å². The van der Waals surface area contributed by atoms with Crippen LogP contribution in [-0.2, 0) is 4.79 Å². The summed E-state index contributed by atoms with van der Waals surface area (Å²) in [6, 6.07) is 8.71. The van der Waals surface area contributed by atoms with E-state index in [-0.39, 0.29) is 12.5 Å². The zero-order valence-electron chi connectivity index (χ0n) is 10.0. The van der Waals surface area contributed by atoms with Gasteiger partial charge in [0, 0.05) is 20.2 Å². The molecule has 0 spiro atoms. The molecule has 1 aromatic rings. The number of hydrogen-bond acceptors (Lipinski definition) is 3. The van der Waals surface area contributed by atoms with Gasteiger partial charge in [-0.15, -0.1) is 0 Å². The van der Waals surface area contributed by atoms with Gasteiger partial charge in [-0.1, -0.05) is 24.8 Å². The van der Waals surface area contributed by atoms with Crippen molar-refractivity contribution in [3.05, 3.63) is 43.0 Å². The molecule has 1 rings (SSSR count). The van der Waals surface area contributed by atoms with Gasteiger partial charge in [0.25, 0.3) is 0 Å². The second-order valence-corrected chi connectivity index (χ2v) is 3.38. The molecule has 1 amide bonds. The van der Waals surface area contributed by atoms with E-state index in [4.69, 9.17) is 10.2 Å². The molecule has 0 aromatic heterocycles. The summed E-state index contributed by atoms with van der Waals surface area (Å²) in [5.41, 5.74) is 0. The maximum absolute atomic E-state index is 10.7. The Morgan fingerprint density at radius 1 is 1.41 bits per heavy atom. The molecule has 0 saturated heterocycles. The van der Waals surface area contributed by atoms with E-state index in [2.05, 4.69) is 6.58 Å². The van der Waals surface area contributed by atoms with Crippen molar-refractivity contribution >= 4 is 5.91 Å². The molecule has 94 valence electrons. The lowest BCUT2D eigenvalue weighted by Crippen LogP contribution is -2.26. The highest BCUT2D eigenvalue weighted by Gasteiger charge is 2.00. The number of hydrogen-bond donors (Lipinski definition) is 2. The molecule has 0 unspecified atom stereocenters. The topological polar surface area (TPSA) is 60.8 Å². The van der Waals surface area contributed by atoms with Gasteiger partial charge in [0.15, 0.2) is 0 Å². The number of carbonyl (C=O) groups is 1. The Kier molecular flexibility index (Phi) is 8.42. The van der Waals surface area contributed by atoms with E-state index in [0.717, 1.165) is 0 Å². The maximum Gasteiger partial charge on any atom is 0.245 e. The number of aromatic hydroxyl groups is 1. The van der Waals surface area contributed by atoms with Gasteiger partial charge in [0.05, 0.1) is 0 Å². The number of phenolic OH excluding ortho intramolecular Hbond substituents is 1. The summed E-state index contributed by atoms with van der Waals surface area (Å²) < 4.78 is 0. The number of likely N-dealkylation sites (N-methyl/N-ethyl adjacent to an activating group) is 1. The number of benzene rings is 1. The van der Waals surface area contributed by atoms with Gasteiger partial charge in [-0.25, -0.2) is 0 Å². The van der Waals surface area contributed by atoms with Crippen LogP contribution in [0.15, 0.2) is 43.0 Å². The molecule has 0 saturated carbocycles. The Hall–Kier alpha value is -1.81. The minimum Gasteiger partial charge on any atom is -0.508 e. The van der Waals surface area contributed by atoms with Gasteiger partial charge in [0.2, 0.25) is 5.91 Å². The van der Waals surface area contributed by atoms with Gasteiger partial charge in [-0.3, -0.25) is 4.79 Å². The summed E-state index contributed by atoms with van der Waals surface area (Å²) in [6.45, 7) is 4.04. The lowest BCUT2D eigenvalue weighted by Gasteiger charge is -2.12. The summed E-state index contributed by atoms with van der Waals surface area (Å²) in [5, 5.41) is 17.0. The molecule has 4 nitrogen and oxygen atoms in total. The highest BCUT2D eigenvalue weighted by molar-refractivity contribution is 5.86. The first-order chi connectivity index (χ1) is 8.11. The fraction of sp³-hybridized carbons (Fsp3) is 0.308. The van der Waals surface area contributed by atoms with Crippen LogP contribution in [-0.4, -0.2) is 41.2 Å². The zero-order chi connectivity index (χ0) is 13.1. The smallest absolute Gasteiger partial charge is 0.245 e. The third kappa shape index (κ3) is 8.04. The Labute approximate surface area is 102 Å². The molecule has 0 atom stereocenters. The highest BCUT2D eigenvalue weighted by Crippen LogP contribution is 2.02. The minimum atomic E-state index is -0.103. The molecule has 0 bridgehead atoms. The molecule has 0 fully saturated rings. The zero-order valence-corrected chi connectivity index (χ0v) is 10.0. The predicted molar refractivity (Wildman–Crippen MR) is 67.6 cm³/mol. The largest absolute Gasteiger partial charge is 0.508 e. The molecule has 0 aliphatic rings. The van der Waals surface area contributed by atoms with E-state index < -0.39 is 0 Å². The minimum absolute atomic E-state index is 0.103. The van der Waals surface area contributed by atoms with E-state index in [1.807, 2.05) is 6.07 Å². The van der Waals surface area contributed by atoms with Crippen LogP contribution in [0.25, 0.3) is 0 Å². The summed E-state index contributed by atoms with van der Waals surface area (Å²) in [7, 11) is 1.68. The normalized spacial score (nSPS) is 8.82. The first kappa shape index (κ1) is 15.2. The lowest BCUT2D eigenvalue weighted by atomic mass is 10.3. The van der Waals surface area contributed by atoms with Crippen molar-refractivity contribution in [1.82, 2.24) is 4.90 Å². The molecule has 1 aromatic carbocycles. The first-order valence-electron chi connectivity index (χ1n) is 5.34. The van der Waals surface area contributed by atoms with E-state index >= 15 is 0 Å². The van der Waals surface area contributed by atoms with Crippen molar-refractivity contribution in [2.45, 2.75) is 6.42 Å². The number of aliphatic hydroxyl groups is 1. The molecular formula is C13H19NO3. The number of phenols is 1. The average Bonchev–Trinajstić information content (AvgIpc) is 2.36. The molecule has 0 heterocycles. The van der Waals surface area contributed by atoms with Crippen LogP contribution < -0.4 is 0 Å². The summed E-state index contributed by atoms with van der Waals surface area (Å²) >= 11 is 0. The van der Waals surface area contributed by atoms with Gasteiger partial charge >= 0.3 is 0 Å². The third-order valence-electron chi connectivity index (χ3n) is 1.96. The van der Waals surface area contributed by atoms with Gasteiger partial charge < -0.3 is 15.1 Å². The molecule has 0 radical (unpaired) electrons. The van der Waals surface area contributed by atoms with Crippen molar-refractivity contribution in [3.8, 4) is 5.75 Å². The summed E-state index contributed by atoms with van der Waals surface area (Å²) in [6.07, 6.45) is 1.88. The van der Waals surface area contributed by atoms with Crippen LogP contribution in [0.3, 0.4) is 0 Å². The van der Waals surface area contributed by atoms with Crippen molar-refractivity contribution in [1.29, 1.82) is 0 Å². The molecule has 0 aliphatic heterocycles. The molecule has 0 aliphatic carbocycles. The third-order valence-corrected chi connectivity index (χ3v) is 1.96. The second-order valence-electron chi connectivity index (χ2n) is 3.38. The van der Waals surface area contributed by atoms with Gasteiger partial charge in [-0.05, 0) is 24.6 Å². The van der Waals surface area contributed by atoms with Gasteiger partial charge in [-0.2, -0.15) is 0 Å². The van der Waals surface area contributed by atoms with Crippen molar-refractivity contribution in [2.24, 2.45) is 0 Å². The Morgan fingerprint density at radius 2 is 2.00 bits per heavy atom. The van der Waals surface area contributed by atoms with E-state index in [9.17, 15) is 4.79 Å². The standard InChI is InChI=1S/C7H13NO2.C6H6O/c1-3-7(10)8(2)5-4-6-9;7-6-4-2-1-3-5-6/h3,9H,1,4-6H2,2H3;1-5,7H. The monoisotopic (exact) mass is 237 g/mol. The number of nitrogens with zero attached hydrogens (tertiary/aromatic N) is 1. The Bertz CT molecular complexity index is 325. The number of aliphatic hydroxyl groups excluding tert-OH is 1. The lowest BCUT2D eigenvalue weighted by molar-refractivity contribution is -0.124. The molecule has 17 heavy (non-hydrogen) atoms. The average molecular weight is 237 g/mol. The molecule has 4 heteroatoms. The van der Waals surface area contributed by atoms with Crippen molar-refractivity contribution < 1.29 is 15.0 Å². The van der Waals surface area contributed by atoms with Crippen molar-refractivity contribution in [2.75, 3.05) is 20.2 Å². The Balaban J connectivity index is 0.000000318. The quantitative estimate of drug-likeness (QED) is 0.778. The van der Waals surface area contributed by atoms with Crippen molar-refractivity contribution in [3.63, 3.8) is 0 Å². The highest BCUT2D eigenvalue weighted by atomic mass is 16.3. The predicted octanol–water partition coefficient (Wildman–Crippen LogP) is 1.41. The second kappa shape index (κ2) is 9.42. The summed E-state index contributed by atoms with van der Waals surface area (Å²) in [5.74, 6) is 0.218. The number of rotatable bonds is 4. The van der Waals surface area contributed by atoms with E-state index in [0.29, 0.717) is 18.7 Å². The maximum atomic E-state index is 10.7. The van der Waals surface area contributed by atoms with E-state index in [1.165, 1.54) is 11.0 Å². The number of para-hydroxylation sites is 1. The molecule has 2 N–H and O–H groups in total.